The van der Waals surface area contributed by atoms with E-state index in [0.29, 0.717) is 35.6 Å². The van der Waals surface area contributed by atoms with Crippen LogP contribution in [0.1, 0.15) is 12.0 Å². The van der Waals surface area contributed by atoms with Crippen LogP contribution in [0.5, 0.6) is 5.75 Å². The Kier molecular flexibility index (Phi) is 8.34. The van der Waals surface area contributed by atoms with E-state index in [4.69, 9.17) is 4.74 Å². The minimum Gasteiger partial charge on any atom is -0.405 e. The van der Waals surface area contributed by atoms with Gasteiger partial charge < -0.3 is 14.8 Å². The number of amides is 1. The molecule has 0 saturated carbocycles. The summed E-state index contributed by atoms with van der Waals surface area (Å²) >= 11 is 1.08. The van der Waals surface area contributed by atoms with E-state index in [-0.39, 0.29) is 29.2 Å². The van der Waals surface area contributed by atoms with Crippen molar-refractivity contribution in [2.45, 2.75) is 31.0 Å². The summed E-state index contributed by atoms with van der Waals surface area (Å²) < 4.78 is 48.3. The minimum absolute atomic E-state index is 0.0721. The van der Waals surface area contributed by atoms with Crippen molar-refractivity contribution < 1.29 is 27.4 Å². The van der Waals surface area contributed by atoms with E-state index in [2.05, 4.69) is 15.0 Å². The number of carbonyl (C=O) groups is 1. The number of para-hydroxylation sites is 2. The third kappa shape index (κ3) is 6.96. The van der Waals surface area contributed by atoms with Crippen LogP contribution in [0.15, 0.2) is 58.5 Å². The van der Waals surface area contributed by atoms with Gasteiger partial charge in [0.15, 0.2) is 5.16 Å². The largest absolute Gasteiger partial charge is 0.573 e. The van der Waals surface area contributed by atoms with Crippen LogP contribution in [0.3, 0.4) is 0 Å². The molecule has 3 rings (SSSR count). The van der Waals surface area contributed by atoms with Crippen molar-refractivity contribution in [2.24, 2.45) is 0 Å². The molecule has 0 aliphatic heterocycles. The minimum atomic E-state index is -4.83. The number of methoxy groups -OCH3 is 1. The predicted molar refractivity (Wildman–Crippen MR) is 118 cm³/mol. The molecule has 1 heterocycles. The fourth-order valence-corrected chi connectivity index (χ4v) is 3.93. The molecular weight excluding hydrogens is 459 g/mol. The summed E-state index contributed by atoms with van der Waals surface area (Å²) in [6.45, 7) is 0.692. The molecule has 1 amide bonds. The zero-order valence-corrected chi connectivity index (χ0v) is 18.5. The molecule has 33 heavy (non-hydrogen) atoms. The fourth-order valence-electron chi connectivity index (χ4n) is 3.07. The molecule has 0 bridgehead atoms. The van der Waals surface area contributed by atoms with E-state index in [1.54, 1.807) is 37.4 Å². The van der Waals surface area contributed by atoms with Crippen molar-refractivity contribution in [1.29, 1.82) is 0 Å². The predicted octanol–water partition coefficient (Wildman–Crippen LogP) is 3.74. The highest BCUT2D eigenvalue weighted by Crippen LogP contribution is 2.26. The maximum atomic E-state index is 12.9. The van der Waals surface area contributed by atoms with Crippen molar-refractivity contribution in [3.63, 3.8) is 0 Å². The molecule has 0 unspecified atom stereocenters. The molecule has 0 spiro atoms. The summed E-state index contributed by atoms with van der Waals surface area (Å²) in [5.74, 6) is -0.869. The first-order valence-corrected chi connectivity index (χ1v) is 11.0. The first-order chi connectivity index (χ1) is 15.8. The van der Waals surface area contributed by atoms with E-state index in [1.807, 2.05) is 0 Å². The number of rotatable bonds is 10. The lowest BCUT2D eigenvalue weighted by atomic mass is 10.2. The maximum Gasteiger partial charge on any atom is 0.573 e. The quantitative estimate of drug-likeness (QED) is 0.270. The molecule has 0 fully saturated rings. The molecule has 1 N–H and O–H groups in total. The van der Waals surface area contributed by atoms with E-state index in [9.17, 15) is 22.8 Å². The average molecular weight is 481 g/mol. The Morgan fingerprint density at radius 2 is 1.88 bits per heavy atom. The topological polar surface area (TPSA) is 82.4 Å². The second-order valence-electron chi connectivity index (χ2n) is 6.94. The van der Waals surface area contributed by atoms with Crippen LogP contribution in [0.4, 0.5) is 13.2 Å². The van der Waals surface area contributed by atoms with Crippen LogP contribution < -0.4 is 15.6 Å². The van der Waals surface area contributed by atoms with Crippen LogP contribution in [-0.4, -0.2) is 41.3 Å². The number of benzene rings is 2. The lowest BCUT2D eigenvalue weighted by Gasteiger charge is -2.14. The van der Waals surface area contributed by atoms with Crippen LogP contribution in [0.25, 0.3) is 10.9 Å². The van der Waals surface area contributed by atoms with Crippen molar-refractivity contribution >= 4 is 28.6 Å². The van der Waals surface area contributed by atoms with Gasteiger partial charge in [-0.05, 0) is 24.6 Å². The monoisotopic (exact) mass is 481 g/mol. The third-order valence-corrected chi connectivity index (χ3v) is 5.54. The number of halogens is 3. The van der Waals surface area contributed by atoms with Crippen molar-refractivity contribution in [3.8, 4) is 5.75 Å². The summed E-state index contributed by atoms with van der Waals surface area (Å²) in [5.41, 5.74) is 0.498. The van der Waals surface area contributed by atoms with Gasteiger partial charge in [0, 0.05) is 32.4 Å². The molecular formula is C22H22F3N3O4S. The van der Waals surface area contributed by atoms with Crippen molar-refractivity contribution in [1.82, 2.24) is 14.9 Å². The number of nitrogens with one attached hydrogen (secondary N) is 1. The van der Waals surface area contributed by atoms with E-state index in [1.165, 1.54) is 22.8 Å². The number of fused-ring (bicyclic) bond motifs is 1. The zero-order chi connectivity index (χ0) is 23.8. The summed E-state index contributed by atoms with van der Waals surface area (Å²) in [5, 5.41) is 3.43. The van der Waals surface area contributed by atoms with E-state index < -0.39 is 12.3 Å². The van der Waals surface area contributed by atoms with Crippen molar-refractivity contribution in [3.05, 3.63) is 64.4 Å². The van der Waals surface area contributed by atoms with Gasteiger partial charge in [0.2, 0.25) is 5.91 Å². The molecule has 0 radical (unpaired) electrons. The Morgan fingerprint density at radius 1 is 1.15 bits per heavy atom. The molecule has 1 aromatic heterocycles. The van der Waals surface area contributed by atoms with Gasteiger partial charge in [-0.3, -0.25) is 14.2 Å². The molecule has 11 heteroatoms. The number of alkyl halides is 3. The standard InChI is InChI=1S/C22H22F3N3O4S/c1-31-12-6-11-28-20(30)16-8-3-4-9-17(16)27-21(28)33-14-19(29)26-13-15-7-2-5-10-18(15)32-22(23,24)25/h2-5,7-10H,6,11-14H2,1H3,(H,26,29). The molecule has 3 aromatic rings. The first-order valence-electron chi connectivity index (χ1n) is 10.00. The number of aromatic nitrogens is 2. The highest BCUT2D eigenvalue weighted by Gasteiger charge is 2.32. The first kappa shape index (κ1) is 24.6. The number of carbonyl (C=O) groups excluding carboxylic acids is 1. The van der Waals surface area contributed by atoms with Crippen molar-refractivity contribution in [2.75, 3.05) is 19.5 Å². The summed E-state index contributed by atoms with van der Waals surface area (Å²) in [4.78, 5) is 29.8. The molecule has 0 aliphatic carbocycles. The van der Waals surface area contributed by atoms with Gasteiger partial charge in [0.1, 0.15) is 5.75 Å². The lowest BCUT2D eigenvalue weighted by molar-refractivity contribution is -0.274. The van der Waals surface area contributed by atoms with Gasteiger partial charge in [0.05, 0.1) is 16.7 Å². The van der Waals surface area contributed by atoms with Gasteiger partial charge in [-0.2, -0.15) is 0 Å². The molecule has 2 aromatic carbocycles. The van der Waals surface area contributed by atoms with Gasteiger partial charge in [-0.1, -0.05) is 42.1 Å². The second-order valence-corrected chi connectivity index (χ2v) is 7.88. The lowest BCUT2D eigenvalue weighted by Crippen LogP contribution is -2.27. The third-order valence-electron chi connectivity index (χ3n) is 4.56. The summed E-state index contributed by atoms with van der Waals surface area (Å²) in [6.07, 6.45) is -4.24. The zero-order valence-electron chi connectivity index (χ0n) is 17.7. The number of hydrogen-bond acceptors (Lipinski definition) is 6. The van der Waals surface area contributed by atoms with Crippen LogP contribution >= 0.6 is 11.8 Å². The number of hydrogen-bond donors (Lipinski definition) is 1. The van der Waals surface area contributed by atoms with E-state index in [0.717, 1.165) is 11.8 Å². The Balaban J connectivity index is 1.69. The Labute approximate surface area is 191 Å². The Hall–Kier alpha value is -3.05. The Bertz CT molecular complexity index is 1170. The van der Waals surface area contributed by atoms with Gasteiger partial charge in [-0.15, -0.1) is 13.2 Å². The van der Waals surface area contributed by atoms with Crippen LogP contribution in [0, 0.1) is 0 Å². The highest BCUT2D eigenvalue weighted by atomic mass is 32.2. The number of thioether (sulfide) groups is 1. The smallest absolute Gasteiger partial charge is 0.405 e. The molecule has 0 saturated heterocycles. The van der Waals surface area contributed by atoms with Crippen LogP contribution in [-0.2, 0) is 22.6 Å². The van der Waals surface area contributed by atoms with E-state index >= 15 is 0 Å². The Morgan fingerprint density at radius 3 is 2.64 bits per heavy atom. The van der Waals surface area contributed by atoms with Gasteiger partial charge in [0.25, 0.3) is 5.56 Å². The number of ether oxygens (including phenoxy) is 2. The fraction of sp³-hybridized carbons (Fsp3) is 0.318. The number of nitrogens with zero attached hydrogens (tertiary/aromatic N) is 2. The maximum absolute atomic E-state index is 12.9. The highest BCUT2D eigenvalue weighted by molar-refractivity contribution is 7.99. The normalized spacial score (nSPS) is 11.5. The SMILES string of the molecule is COCCCn1c(SCC(=O)NCc2ccccc2OC(F)(F)F)nc2ccccc2c1=O. The molecule has 7 nitrogen and oxygen atoms in total. The average Bonchev–Trinajstić information content (AvgIpc) is 2.78. The summed E-state index contributed by atoms with van der Waals surface area (Å²) in [6, 6.07) is 12.5. The molecule has 176 valence electrons. The van der Waals surface area contributed by atoms with Crippen LogP contribution in [0.2, 0.25) is 0 Å². The molecule has 0 aliphatic rings. The summed E-state index contributed by atoms with van der Waals surface area (Å²) in [7, 11) is 1.57. The second kappa shape index (κ2) is 11.2. The van der Waals surface area contributed by atoms with Gasteiger partial charge >= 0.3 is 6.36 Å². The van der Waals surface area contributed by atoms with Gasteiger partial charge in [-0.25, -0.2) is 4.98 Å². The molecule has 0 atom stereocenters.